The molecule has 0 radical (unpaired) electrons. The Hall–Kier alpha value is -1.47. The molecule has 3 rings (SSSR count). The highest BCUT2D eigenvalue weighted by Gasteiger charge is 2.25. The molecule has 23 heavy (non-hydrogen) atoms. The minimum Gasteiger partial charge on any atom is -0.380 e. The normalized spacial score (nSPS) is 14.6. The van der Waals surface area contributed by atoms with Crippen LogP contribution < -0.4 is 4.90 Å². The summed E-state index contributed by atoms with van der Waals surface area (Å²) in [4.78, 5) is 13.4. The zero-order valence-corrected chi connectivity index (χ0v) is 15.0. The van der Waals surface area contributed by atoms with Crippen LogP contribution in [-0.2, 0) is 16.1 Å². The van der Waals surface area contributed by atoms with Gasteiger partial charge < -0.3 is 9.64 Å². The predicted octanol–water partition coefficient (Wildman–Crippen LogP) is 4.37. The lowest BCUT2D eigenvalue weighted by Gasteiger charge is -2.20. The maximum atomic E-state index is 14.6. The van der Waals surface area contributed by atoms with Crippen LogP contribution >= 0.6 is 22.6 Å². The van der Waals surface area contributed by atoms with Crippen LogP contribution in [0, 0.1) is 9.39 Å². The number of rotatable bonds is 4. The number of anilines is 1. The summed E-state index contributed by atoms with van der Waals surface area (Å²) in [5, 5.41) is 0. The van der Waals surface area contributed by atoms with E-state index in [1.54, 1.807) is 13.2 Å². The number of carbonyl (C=O) groups excluding carboxylic acids is 1. The van der Waals surface area contributed by atoms with Crippen molar-refractivity contribution in [3.8, 4) is 11.1 Å². The van der Waals surface area contributed by atoms with Crippen LogP contribution in [0.25, 0.3) is 11.1 Å². The second-order valence-electron chi connectivity index (χ2n) is 5.55. The summed E-state index contributed by atoms with van der Waals surface area (Å²) in [6.45, 7) is 0.946. The maximum absolute atomic E-state index is 14.6. The molecule has 120 valence electrons. The second kappa shape index (κ2) is 6.97. The molecule has 0 N–H and O–H groups in total. The van der Waals surface area contributed by atoms with Gasteiger partial charge in [0.25, 0.3) is 0 Å². The first-order chi connectivity index (χ1) is 11.1. The molecule has 0 atom stereocenters. The summed E-state index contributed by atoms with van der Waals surface area (Å²) < 4.78 is 21.0. The molecule has 3 nitrogen and oxygen atoms in total. The molecule has 0 spiro atoms. The van der Waals surface area contributed by atoms with E-state index in [4.69, 9.17) is 4.74 Å². The molecule has 5 heteroatoms. The van der Waals surface area contributed by atoms with Gasteiger partial charge >= 0.3 is 0 Å². The van der Waals surface area contributed by atoms with Gasteiger partial charge in [-0.25, -0.2) is 4.39 Å². The molecule has 1 amide bonds. The minimum atomic E-state index is -0.367. The van der Waals surface area contributed by atoms with Crippen molar-refractivity contribution in [2.24, 2.45) is 0 Å². The Kier molecular flexibility index (Phi) is 4.96. The summed E-state index contributed by atoms with van der Waals surface area (Å²) in [6.07, 6.45) is 1.26. The van der Waals surface area contributed by atoms with E-state index in [2.05, 4.69) is 22.6 Å². The number of benzene rings is 2. The minimum absolute atomic E-state index is 0.0192. The number of methoxy groups -OCH3 is 1. The average Bonchev–Trinajstić information content (AvgIpc) is 2.96. The Balaban J connectivity index is 2.08. The lowest BCUT2D eigenvalue weighted by molar-refractivity contribution is -0.117. The maximum Gasteiger partial charge on any atom is 0.227 e. The van der Waals surface area contributed by atoms with Gasteiger partial charge in [-0.2, -0.15) is 0 Å². The summed E-state index contributed by atoms with van der Waals surface area (Å²) in [6, 6.07) is 11.2. The van der Waals surface area contributed by atoms with Gasteiger partial charge in [-0.3, -0.25) is 4.79 Å². The van der Waals surface area contributed by atoms with E-state index in [0.29, 0.717) is 25.3 Å². The van der Waals surface area contributed by atoms with E-state index in [1.807, 2.05) is 24.3 Å². The van der Waals surface area contributed by atoms with Crippen LogP contribution in [0.4, 0.5) is 10.1 Å². The van der Waals surface area contributed by atoms with Crippen LogP contribution in [0.2, 0.25) is 0 Å². The fourth-order valence-electron chi connectivity index (χ4n) is 2.89. The highest BCUT2D eigenvalue weighted by molar-refractivity contribution is 14.1. The molecule has 1 saturated heterocycles. The van der Waals surface area contributed by atoms with E-state index < -0.39 is 0 Å². The fourth-order valence-corrected chi connectivity index (χ4v) is 3.25. The van der Waals surface area contributed by atoms with Crippen molar-refractivity contribution < 1.29 is 13.9 Å². The molecule has 1 aliphatic rings. The zero-order chi connectivity index (χ0) is 16.4. The SMILES string of the molecule is COCc1cc(N2CCCC2=O)c(F)cc1-c1ccc(I)cc1. The molecule has 0 bridgehead atoms. The topological polar surface area (TPSA) is 29.5 Å². The standard InChI is InChI=1S/C18H17FINO2/c1-23-11-13-9-17(21-8-2-3-18(21)22)16(19)10-15(13)12-4-6-14(20)7-5-12/h4-7,9-10H,2-3,8,11H2,1H3. The lowest BCUT2D eigenvalue weighted by Crippen LogP contribution is -2.25. The number of nitrogens with zero attached hydrogens (tertiary/aromatic N) is 1. The van der Waals surface area contributed by atoms with Crippen molar-refractivity contribution in [1.82, 2.24) is 0 Å². The van der Waals surface area contributed by atoms with Crippen molar-refractivity contribution >= 4 is 34.2 Å². The van der Waals surface area contributed by atoms with Gasteiger partial charge in [-0.05, 0) is 70.0 Å². The summed E-state index contributed by atoms with van der Waals surface area (Å²) in [5.74, 6) is -0.386. The third kappa shape index (κ3) is 3.40. The van der Waals surface area contributed by atoms with Crippen LogP contribution in [-0.4, -0.2) is 19.6 Å². The number of halogens is 2. The molecule has 1 heterocycles. The first kappa shape index (κ1) is 16.4. The fraction of sp³-hybridized carbons (Fsp3) is 0.278. The largest absolute Gasteiger partial charge is 0.380 e. The molecule has 0 aliphatic carbocycles. The molecule has 1 aliphatic heterocycles. The molecule has 2 aromatic carbocycles. The number of amides is 1. The molecular formula is C18H17FINO2. The van der Waals surface area contributed by atoms with Gasteiger partial charge in [-0.15, -0.1) is 0 Å². The molecule has 0 aromatic heterocycles. The van der Waals surface area contributed by atoms with Crippen molar-refractivity contribution in [3.63, 3.8) is 0 Å². The Labute approximate surface area is 148 Å². The number of hydrogen-bond acceptors (Lipinski definition) is 2. The van der Waals surface area contributed by atoms with E-state index in [1.165, 1.54) is 11.0 Å². The van der Waals surface area contributed by atoms with E-state index in [9.17, 15) is 9.18 Å². The van der Waals surface area contributed by atoms with Crippen molar-refractivity contribution in [2.75, 3.05) is 18.6 Å². The van der Waals surface area contributed by atoms with Crippen LogP contribution in [0.3, 0.4) is 0 Å². The Morgan fingerprint density at radius 2 is 2.00 bits per heavy atom. The lowest BCUT2D eigenvalue weighted by atomic mass is 9.98. The quantitative estimate of drug-likeness (QED) is 0.681. The highest BCUT2D eigenvalue weighted by atomic mass is 127. The third-order valence-electron chi connectivity index (χ3n) is 3.99. The molecule has 0 saturated carbocycles. The molecule has 2 aromatic rings. The van der Waals surface area contributed by atoms with Gasteiger partial charge in [-0.1, -0.05) is 12.1 Å². The van der Waals surface area contributed by atoms with Crippen molar-refractivity contribution in [2.45, 2.75) is 19.4 Å². The van der Waals surface area contributed by atoms with Crippen molar-refractivity contribution in [3.05, 3.63) is 51.3 Å². The number of hydrogen-bond donors (Lipinski definition) is 0. The van der Waals surface area contributed by atoms with Gasteiger partial charge in [0.2, 0.25) is 5.91 Å². The van der Waals surface area contributed by atoms with Gasteiger partial charge in [0.05, 0.1) is 12.3 Å². The Morgan fingerprint density at radius 3 is 2.61 bits per heavy atom. The van der Waals surface area contributed by atoms with E-state index in [-0.39, 0.29) is 11.7 Å². The van der Waals surface area contributed by atoms with Gasteiger partial charge in [0.15, 0.2) is 0 Å². The summed E-state index contributed by atoms with van der Waals surface area (Å²) in [7, 11) is 1.61. The highest BCUT2D eigenvalue weighted by Crippen LogP contribution is 2.33. The molecule has 0 unspecified atom stereocenters. The van der Waals surface area contributed by atoms with Crippen molar-refractivity contribution in [1.29, 1.82) is 0 Å². The molecule has 1 fully saturated rings. The summed E-state index contributed by atoms with van der Waals surface area (Å²) in [5.41, 5.74) is 2.98. The van der Waals surface area contributed by atoms with Gasteiger partial charge in [0.1, 0.15) is 5.82 Å². The first-order valence-corrected chi connectivity index (χ1v) is 8.55. The predicted molar refractivity (Wildman–Crippen MR) is 96.9 cm³/mol. The molecular weight excluding hydrogens is 408 g/mol. The van der Waals surface area contributed by atoms with E-state index in [0.717, 1.165) is 26.7 Å². The summed E-state index contributed by atoms with van der Waals surface area (Å²) >= 11 is 2.24. The smallest absolute Gasteiger partial charge is 0.227 e. The van der Waals surface area contributed by atoms with Gasteiger partial charge in [0, 0.05) is 23.6 Å². The van der Waals surface area contributed by atoms with Crippen LogP contribution in [0.15, 0.2) is 36.4 Å². The third-order valence-corrected chi connectivity index (χ3v) is 4.71. The van der Waals surface area contributed by atoms with Crippen LogP contribution in [0.5, 0.6) is 0 Å². The number of carbonyl (C=O) groups is 1. The first-order valence-electron chi connectivity index (χ1n) is 7.48. The second-order valence-corrected chi connectivity index (χ2v) is 6.80. The zero-order valence-electron chi connectivity index (χ0n) is 12.8. The van der Waals surface area contributed by atoms with Crippen LogP contribution in [0.1, 0.15) is 18.4 Å². The van der Waals surface area contributed by atoms with E-state index >= 15 is 0 Å². The number of ether oxygens (including phenoxy) is 1. The Bertz CT molecular complexity index is 731. The monoisotopic (exact) mass is 425 g/mol. The average molecular weight is 425 g/mol. The Morgan fingerprint density at radius 1 is 1.26 bits per heavy atom.